The number of nitrogens with zero attached hydrogens (tertiary/aromatic N) is 2. The normalized spacial score (nSPS) is 15.3. The van der Waals surface area contributed by atoms with Crippen LogP contribution in [-0.2, 0) is 13.1 Å². The predicted molar refractivity (Wildman–Crippen MR) is 114 cm³/mol. The Balaban J connectivity index is 1.56. The Morgan fingerprint density at radius 1 is 1.16 bits per heavy atom. The largest absolute Gasteiger partial charge is 0.330 e. The summed E-state index contributed by atoms with van der Waals surface area (Å²) in [5.41, 5.74) is 1.04. The minimum absolute atomic E-state index is 0.0382. The summed E-state index contributed by atoms with van der Waals surface area (Å²) in [6.45, 7) is 1.65. The summed E-state index contributed by atoms with van der Waals surface area (Å²) in [5.74, 6) is -0.921. The van der Waals surface area contributed by atoms with Gasteiger partial charge in [0, 0.05) is 36.2 Å². The lowest BCUT2D eigenvalue weighted by molar-refractivity contribution is 0.0749. The van der Waals surface area contributed by atoms with Crippen LogP contribution in [0.15, 0.2) is 29.1 Å². The number of hydrogen-bond acceptors (Lipinski definition) is 4. The lowest BCUT2D eigenvalue weighted by Crippen LogP contribution is -2.40. The molecule has 9 heteroatoms. The fourth-order valence-electron chi connectivity index (χ4n) is 4.31. The second kappa shape index (κ2) is 7.22. The highest BCUT2D eigenvalue weighted by Crippen LogP contribution is 2.33. The van der Waals surface area contributed by atoms with Crippen LogP contribution in [0.5, 0.6) is 0 Å². The Bertz CT molecular complexity index is 1400. The smallest absolute Gasteiger partial charge is 0.291 e. The number of aryl methyl sites for hydroxylation is 1. The Morgan fingerprint density at radius 2 is 1.78 bits per heavy atom. The monoisotopic (exact) mass is 437 g/mol. The maximum Gasteiger partial charge on any atom is 0.291 e. The van der Waals surface area contributed by atoms with E-state index >= 15 is 0 Å². The average Bonchev–Trinajstić information content (AvgIpc) is 3.44. The van der Waals surface area contributed by atoms with Gasteiger partial charge in [-0.1, -0.05) is 0 Å². The molecule has 7 nitrogen and oxygen atoms in total. The first-order valence-electron chi connectivity index (χ1n) is 10.4. The van der Waals surface area contributed by atoms with Gasteiger partial charge in [0.1, 0.15) is 17.5 Å². The minimum Gasteiger partial charge on any atom is -0.330 e. The fourth-order valence-corrected chi connectivity index (χ4v) is 4.31. The van der Waals surface area contributed by atoms with Crippen LogP contribution >= 0.6 is 0 Å². The molecule has 5 rings (SSSR count). The highest BCUT2D eigenvalue weighted by molar-refractivity contribution is 6.00. The number of fused-ring (bicyclic) bond motifs is 2. The molecule has 1 amide bonds. The second-order valence-electron chi connectivity index (χ2n) is 8.56. The molecule has 2 heterocycles. The zero-order chi connectivity index (χ0) is 22.7. The zero-order valence-electron chi connectivity index (χ0n) is 17.4. The van der Waals surface area contributed by atoms with Crippen LogP contribution < -0.4 is 11.0 Å². The van der Waals surface area contributed by atoms with E-state index in [1.54, 1.807) is 13.0 Å². The van der Waals surface area contributed by atoms with E-state index in [0.717, 1.165) is 25.0 Å². The molecule has 3 aromatic rings. The van der Waals surface area contributed by atoms with Gasteiger partial charge in [-0.2, -0.15) is 0 Å². The van der Waals surface area contributed by atoms with Crippen molar-refractivity contribution in [1.82, 2.24) is 14.5 Å². The number of carbonyl (C=O) groups is 1. The maximum atomic E-state index is 14.1. The topological polar surface area (TPSA) is 106 Å². The number of nitrogens with one attached hydrogen (secondary N) is 3. The number of halogens is 2. The second-order valence-corrected chi connectivity index (χ2v) is 8.56. The number of amides is 1. The van der Waals surface area contributed by atoms with E-state index in [2.05, 4.69) is 4.98 Å². The summed E-state index contributed by atoms with van der Waals surface area (Å²) in [4.78, 5) is 29.6. The van der Waals surface area contributed by atoms with Crippen molar-refractivity contribution in [1.29, 1.82) is 10.8 Å². The number of benzene rings is 2. The number of aromatic amines is 1. The first-order chi connectivity index (χ1) is 15.2. The Labute approximate surface area is 181 Å². The van der Waals surface area contributed by atoms with Gasteiger partial charge in [0.25, 0.3) is 11.5 Å². The van der Waals surface area contributed by atoms with Gasteiger partial charge in [0.15, 0.2) is 5.49 Å². The van der Waals surface area contributed by atoms with Crippen LogP contribution in [-0.4, -0.2) is 26.2 Å². The van der Waals surface area contributed by atoms with Crippen molar-refractivity contribution >= 4 is 22.8 Å². The molecule has 1 saturated carbocycles. The zero-order valence-corrected chi connectivity index (χ0v) is 17.4. The number of rotatable bonds is 3. The summed E-state index contributed by atoms with van der Waals surface area (Å²) < 4.78 is 29.5. The first kappa shape index (κ1) is 20.3. The minimum atomic E-state index is -0.655. The molecule has 3 N–H and O–H groups in total. The van der Waals surface area contributed by atoms with Gasteiger partial charge in [-0.3, -0.25) is 25.0 Å². The Morgan fingerprint density at radius 3 is 2.38 bits per heavy atom. The number of H-pyrrole nitrogens is 1. The van der Waals surface area contributed by atoms with Crippen molar-refractivity contribution in [2.24, 2.45) is 5.92 Å². The summed E-state index contributed by atoms with van der Waals surface area (Å²) >= 11 is 0. The van der Waals surface area contributed by atoms with Crippen LogP contribution in [0.25, 0.3) is 11.0 Å². The van der Waals surface area contributed by atoms with Gasteiger partial charge in [-0.05, 0) is 55.5 Å². The lowest BCUT2D eigenvalue weighted by atomic mass is 10.1. The Kier molecular flexibility index (Phi) is 4.58. The molecular formula is C23H21F2N5O2. The van der Waals surface area contributed by atoms with Crippen LogP contribution in [0.2, 0.25) is 0 Å². The van der Waals surface area contributed by atoms with Crippen molar-refractivity contribution in [3.63, 3.8) is 0 Å². The van der Waals surface area contributed by atoms with Gasteiger partial charge in [-0.25, -0.2) is 8.78 Å². The standard InChI is InChI=1S/C23H21F2N5O2/c1-11-6-19-18(28-22(31)21(27)30(19)20(26)7-12-2-3-12)8-13(11)23(32)29-9-14-15(10-29)17(25)5-4-16(14)24/h4-6,8,12,26-27H,2-3,7,9-10H2,1H3,(H,28,31). The summed E-state index contributed by atoms with van der Waals surface area (Å²) in [5, 5.41) is 16.6. The van der Waals surface area contributed by atoms with Crippen LogP contribution in [0.1, 0.15) is 46.3 Å². The Hall–Kier alpha value is -3.62. The third-order valence-electron chi connectivity index (χ3n) is 6.25. The van der Waals surface area contributed by atoms with Crippen LogP contribution in [0, 0.1) is 35.3 Å². The molecule has 1 aliphatic carbocycles. The number of carbonyl (C=O) groups excluding carboxylic acids is 1. The fraction of sp³-hybridized carbons (Fsp3) is 0.304. The molecule has 0 bridgehead atoms. The molecule has 1 aliphatic heterocycles. The third-order valence-corrected chi connectivity index (χ3v) is 6.25. The molecule has 1 fully saturated rings. The van der Waals surface area contributed by atoms with Gasteiger partial charge in [0.05, 0.1) is 11.0 Å². The van der Waals surface area contributed by atoms with Crippen molar-refractivity contribution in [2.75, 3.05) is 0 Å². The van der Waals surface area contributed by atoms with Gasteiger partial charge in [-0.15, -0.1) is 0 Å². The molecule has 0 saturated heterocycles. The van der Waals surface area contributed by atoms with Crippen molar-refractivity contribution in [2.45, 2.75) is 39.3 Å². The van der Waals surface area contributed by atoms with Crippen molar-refractivity contribution < 1.29 is 13.6 Å². The van der Waals surface area contributed by atoms with E-state index < -0.39 is 23.1 Å². The van der Waals surface area contributed by atoms with Crippen LogP contribution in [0.4, 0.5) is 8.78 Å². The quantitative estimate of drug-likeness (QED) is 0.433. The van der Waals surface area contributed by atoms with Crippen LogP contribution in [0.3, 0.4) is 0 Å². The number of aromatic nitrogens is 2. The molecule has 164 valence electrons. The lowest BCUT2D eigenvalue weighted by Gasteiger charge is -2.19. The predicted octanol–water partition coefficient (Wildman–Crippen LogP) is 3.18. The van der Waals surface area contributed by atoms with E-state index in [4.69, 9.17) is 10.8 Å². The van der Waals surface area contributed by atoms with Crippen molar-refractivity contribution in [3.8, 4) is 0 Å². The molecule has 32 heavy (non-hydrogen) atoms. The molecular weight excluding hydrogens is 416 g/mol. The number of hydrogen-bond donors (Lipinski definition) is 3. The summed E-state index contributed by atoms with van der Waals surface area (Å²) in [6, 6.07) is 5.30. The van der Waals surface area contributed by atoms with Crippen molar-refractivity contribution in [3.05, 3.63) is 74.0 Å². The summed E-state index contributed by atoms with van der Waals surface area (Å²) in [7, 11) is 0. The van der Waals surface area contributed by atoms with E-state index in [0.29, 0.717) is 34.5 Å². The molecule has 2 aliphatic rings. The highest BCUT2D eigenvalue weighted by atomic mass is 19.1. The first-order valence-corrected chi connectivity index (χ1v) is 10.4. The van der Waals surface area contributed by atoms with E-state index in [-0.39, 0.29) is 35.5 Å². The maximum absolute atomic E-state index is 14.1. The molecule has 0 atom stereocenters. The molecule has 0 unspecified atom stereocenters. The molecule has 0 radical (unpaired) electrons. The molecule has 1 aromatic heterocycles. The van der Waals surface area contributed by atoms with Gasteiger partial charge in [0.2, 0.25) is 0 Å². The third kappa shape index (κ3) is 3.24. The van der Waals surface area contributed by atoms with E-state index in [9.17, 15) is 18.4 Å². The molecule has 2 aromatic carbocycles. The van der Waals surface area contributed by atoms with Gasteiger partial charge >= 0.3 is 0 Å². The van der Waals surface area contributed by atoms with Gasteiger partial charge < -0.3 is 9.88 Å². The van der Waals surface area contributed by atoms with E-state index in [1.165, 1.54) is 15.5 Å². The van der Waals surface area contributed by atoms with E-state index in [1.807, 2.05) is 0 Å². The summed E-state index contributed by atoms with van der Waals surface area (Å²) in [6.07, 6.45) is 2.56. The molecule has 0 spiro atoms. The highest BCUT2D eigenvalue weighted by Gasteiger charge is 2.30. The SMILES string of the molecule is Cc1cc2c(cc1C(=O)N1Cc3c(F)ccc(F)c3C1)[nH]c(=O)c(=N)n2C(=N)CC1CC1. The average molecular weight is 437 g/mol.